The Morgan fingerprint density at radius 3 is 2.79 bits per heavy atom. The van der Waals surface area contributed by atoms with E-state index in [4.69, 9.17) is 0 Å². The van der Waals surface area contributed by atoms with Crippen LogP contribution in [-0.4, -0.2) is 43.0 Å². The quantitative estimate of drug-likeness (QED) is 0.885. The van der Waals surface area contributed by atoms with E-state index in [1.54, 1.807) is 12.1 Å². The van der Waals surface area contributed by atoms with E-state index in [-0.39, 0.29) is 24.1 Å². The number of nitrogens with one attached hydrogen (secondary N) is 2. The molecule has 2 N–H and O–H groups in total. The fourth-order valence-corrected chi connectivity index (χ4v) is 2.04. The molecule has 0 spiro atoms. The fourth-order valence-electron chi connectivity index (χ4n) is 2.04. The molecule has 1 fully saturated rings. The molecule has 106 valence electrons. The average molecular weight is 288 g/mol. The monoisotopic (exact) mass is 287 g/mol. The van der Waals surface area contributed by atoms with Gasteiger partial charge in [0, 0.05) is 31.4 Å². The third-order valence-corrected chi connectivity index (χ3v) is 3.11. The Balaban J connectivity index is 0.00000180. The summed E-state index contributed by atoms with van der Waals surface area (Å²) in [6.07, 6.45) is 0. The molecule has 1 aliphatic heterocycles. The SMILES string of the molecule is C[C@@H]1CNCCN1CC(=O)Nc1ccc(F)cc1.Cl. The smallest absolute Gasteiger partial charge is 0.238 e. The highest BCUT2D eigenvalue weighted by molar-refractivity contribution is 5.92. The maximum atomic E-state index is 12.7. The van der Waals surface area contributed by atoms with Crippen molar-refractivity contribution in [2.75, 3.05) is 31.5 Å². The second kappa shape index (κ2) is 7.43. The molecule has 1 aromatic carbocycles. The number of carbonyl (C=O) groups is 1. The number of amides is 1. The molecule has 1 heterocycles. The van der Waals surface area contributed by atoms with Crippen LogP contribution in [0.25, 0.3) is 0 Å². The molecule has 1 atom stereocenters. The lowest BCUT2D eigenvalue weighted by Gasteiger charge is -2.33. The first-order valence-corrected chi connectivity index (χ1v) is 6.15. The highest BCUT2D eigenvalue weighted by Gasteiger charge is 2.20. The molecular weight excluding hydrogens is 269 g/mol. The van der Waals surface area contributed by atoms with E-state index in [2.05, 4.69) is 22.5 Å². The molecule has 0 saturated carbocycles. The van der Waals surface area contributed by atoms with Crippen molar-refractivity contribution >= 4 is 24.0 Å². The Morgan fingerprint density at radius 2 is 2.16 bits per heavy atom. The van der Waals surface area contributed by atoms with E-state index in [9.17, 15) is 9.18 Å². The van der Waals surface area contributed by atoms with Crippen molar-refractivity contribution in [1.29, 1.82) is 0 Å². The van der Waals surface area contributed by atoms with Gasteiger partial charge in [-0.2, -0.15) is 0 Å². The summed E-state index contributed by atoms with van der Waals surface area (Å²) in [5.74, 6) is -0.362. The summed E-state index contributed by atoms with van der Waals surface area (Å²) in [6, 6.07) is 6.16. The lowest BCUT2D eigenvalue weighted by atomic mass is 10.2. The van der Waals surface area contributed by atoms with Crippen molar-refractivity contribution in [3.05, 3.63) is 30.1 Å². The van der Waals surface area contributed by atoms with Crippen LogP contribution in [0.4, 0.5) is 10.1 Å². The van der Waals surface area contributed by atoms with Gasteiger partial charge >= 0.3 is 0 Å². The van der Waals surface area contributed by atoms with Gasteiger partial charge < -0.3 is 10.6 Å². The van der Waals surface area contributed by atoms with Crippen molar-refractivity contribution in [2.45, 2.75) is 13.0 Å². The highest BCUT2D eigenvalue weighted by atomic mass is 35.5. The Bertz CT molecular complexity index is 413. The number of hydrogen-bond donors (Lipinski definition) is 2. The van der Waals surface area contributed by atoms with Crippen LogP contribution in [-0.2, 0) is 4.79 Å². The van der Waals surface area contributed by atoms with Crippen LogP contribution in [0.3, 0.4) is 0 Å². The molecule has 2 rings (SSSR count). The maximum absolute atomic E-state index is 12.7. The molecule has 0 aliphatic carbocycles. The zero-order chi connectivity index (χ0) is 13.0. The lowest BCUT2D eigenvalue weighted by molar-refractivity contribution is -0.118. The minimum Gasteiger partial charge on any atom is -0.325 e. The zero-order valence-corrected chi connectivity index (χ0v) is 11.7. The molecule has 0 aromatic heterocycles. The third-order valence-electron chi connectivity index (χ3n) is 3.11. The summed E-state index contributed by atoms with van der Waals surface area (Å²) in [4.78, 5) is 14.0. The number of piperazine rings is 1. The summed E-state index contributed by atoms with van der Waals surface area (Å²) in [5, 5.41) is 6.05. The summed E-state index contributed by atoms with van der Waals surface area (Å²) < 4.78 is 12.7. The maximum Gasteiger partial charge on any atom is 0.238 e. The molecule has 1 aliphatic rings. The number of nitrogens with zero attached hydrogens (tertiary/aromatic N) is 1. The normalized spacial score (nSPS) is 19.6. The van der Waals surface area contributed by atoms with E-state index in [0.717, 1.165) is 19.6 Å². The lowest BCUT2D eigenvalue weighted by Crippen LogP contribution is -2.51. The van der Waals surface area contributed by atoms with Gasteiger partial charge in [0.15, 0.2) is 0 Å². The van der Waals surface area contributed by atoms with Gasteiger partial charge in [0.25, 0.3) is 0 Å². The highest BCUT2D eigenvalue weighted by Crippen LogP contribution is 2.09. The van der Waals surface area contributed by atoms with Crippen molar-refractivity contribution in [2.24, 2.45) is 0 Å². The third kappa shape index (κ3) is 4.78. The molecule has 1 saturated heterocycles. The van der Waals surface area contributed by atoms with Crippen LogP contribution in [0, 0.1) is 5.82 Å². The van der Waals surface area contributed by atoms with Crippen LogP contribution >= 0.6 is 12.4 Å². The number of rotatable bonds is 3. The van der Waals surface area contributed by atoms with E-state index in [1.807, 2.05) is 0 Å². The molecule has 19 heavy (non-hydrogen) atoms. The van der Waals surface area contributed by atoms with Crippen LogP contribution in [0.15, 0.2) is 24.3 Å². The van der Waals surface area contributed by atoms with Gasteiger partial charge in [-0.15, -0.1) is 12.4 Å². The van der Waals surface area contributed by atoms with Crippen LogP contribution in [0.2, 0.25) is 0 Å². The van der Waals surface area contributed by atoms with Gasteiger partial charge in [-0.05, 0) is 31.2 Å². The predicted octanol–water partition coefficient (Wildman–Crippen LogP) is 1.48. The van der Waals surface area contributed by atoms with Crippen molar-refractivity contribution in [3.63, 3.8) is 0 Å². The Hall–Kier alpha value is -1.17. The number of halogens is 2. The predicted molar refractivity (Wildman–Crippen MR) is 76.2 cm³/mol. The van der Waals surface area contributed by atoms with Crippen molar-refractivity contribution in [1.82, 2.24) is 10.2 Å². The van der Waals surface area contributed by atoms with Crippen LogP contribution < -0.4 is 10.6 Å². The fraction of sp³-hybridized carbons (Fsp3) is 0.462. The first-order chi connectivity index (χ1) is 8.65. The summed E-state index contributed by atoms with van der Waals surface area (Å²) in [5.41, 5.74) is 0.629. The van der Waals surface area contributed by atoms with Gasteiger partial charge in [-0.1, -0.05) is 0 Å². The van der Waals surface area contributed by atoms with Crippen LogP contribution in [0.1, 0.15) is 6.92 Å². The standard InChI is InChI=1S/C13H18FN3O.ClH/c1-10-8-15-6-7-17(10)9-13(18)16-12-4-2-11(14)3-5-12;/h2-5,10,15H,6-9H2,1H3,(H,16,18);1H/t10-;/m1./s1. The summed E-state index contributed by atoms with van der Waals surface area (Å²) in [7, 11) is 0. The van der Waals surface area contributed by atoms with Gasteiger partial charge in [-0.25, -0.2) is 4.39 Å². The number of benzene rings is 1. The first-order valence-electron chi connectivity index (χ1n) is 6.15. The minimum atomic E-state index is -0.302. The Labute approximate surface area is 118 Å². The van der Waals surface area contributed by atoms with Crippen molar-refractivity contribution in [3.8, 4) is 0 Å². The number of anilines is 1. The largest absolute Gasteiger partial charge is 0.325 e. The molecule has 0 bridgehead atoms. The zero-order valence-electron chi connectivity index (χ0n) is 10.9. The van der Waals surface area contributed by atoms with E-state index in [0.29, 0.717) is 18.3 Å². The summed E-state index contributed by atoms with van der Waals surface area (Å²) in [6.45, 7) is 5.16. The minimum absolute atomic E-state index is 0. The van der Waals surface area contributed by atoms with Gasteiger partial charge in [0.2, 0.25) is 5.91 Å². The second-order valence-electron chi connectivity index (χ2n) is 4.58. The topological polar surface area (TPSA) is 44.4 Å². The molecule has 1 aromatic rings. The van der Waals surface area contributed by atoms with Crippen molar-refractivity contribution < 1.29 is 9.18 Å². The van der Waals surface area contributed by atoms with Gasteiger partial charge in [-0.3, -0.25) is 9.69 Å². The van der Waals surface area contributed by atoms with Crippen LogP contribution in [0.5, 0.6) is 0 Å². The average Bonchev–Trinajstić information content (AvgIpc) is 2.35. The first kappa shape index (κ1) is 15.9. The molecule has 1 amide bonds. The molecule has 0 radical (unpaired) electrons. The Morgan fingerprint density at radius 1 is 1.47 bits per heavy atom. The molecule has 0 unspecified atom stereocenters. The molecule has 4 nitrogen and oxygen atoms in total. The molecular formula is C13H19ClFN3O. The van der Waals surface area contributed by atoms with Gasteiger partial charge in [0.1, 0.15) is 5.82 Å². The van der Waals surface area contributed by atoms with E-state index < -0.39 is 0 Å². The van der Waals surface area contributed by atoms with Gasteiger partial charge in [0.05, 0.1) is 6.54 Å². The van der Waals surface area contributed by atoms with E-state index >= 15 is 0 Å². The van der Waals surface area contributed by atoms with E-state index in [1.165, 1.54) is 12.1 Å². The summed E-state index contributed by atoms with van der Waals surface area (Å²) >= 11 is 0. The number of carbonyl (C=O) groups excluding carboxylic acids is 1. The second-order valence-corrected chi connectivity index (χ2v) is 4.58. The molecule has 6 heteroatoms. The Kier molecular flexibility index (Phi) is 6.21. The number of hydrogen-bond acceptors (Lipinski definition) is 3.